The van der Waals surface area contributed by atoms with Crippen molar-refractivity contribution >= 4 is 17.1 Å². The molecule has 2 heterocycles. The van der Waals surface area contributed by atoms with Crippen LogP contribution in [-0.2, 0) is 25.4 Å². The second kappa shape index (κ2) is 5.33. The topological polar surface area (TPSA) is 115 Å². The Bertz CT molecular complexity index is 988. The van der Waals surface area contributed by atoms with Crippen LogP contribution in [0.3, 0.4) is 0 Å². The highest BCUT2D eigenvalue weighted by atomic mass is 16.2. The lowest BCUT2D eigenvalue weighted by atomic mass is 9.98. The van der Waals surface area contributed by atoms with Gasteiger partial charge in [0.15, 0.2) is 11.2 Å². The highest BCUT2D eigenvalue weighted by Crippen LogP contribution is 2.39. The zero-order chi connectivity index (χ0) is 17.6. The number of imidazole rings is 1. The van der Waals surface area contributed by atoms with Gasteiger partial charge < -0.3 is 9.88 Å². The van der Waals surface area contributed by atoms with E-state index in [1.54, 1.807) is 6.92 Å². The standard InChI is InChI=1S/C15H18N6O3/c1-15(7-16,9-4-5-9)18-10(22)6-21-8-17-12-11(21)13(23)20(3)14(24)19(12)2/h8-9H,4-6H2,1-3H3,(H,18,22). The molecular formula is C15H18N6O3. The van der Waals surface area contributed by atoms with Crippen LogP contribution in [0.25, 0.3) is 11.2 Å². The molecule has 0 aliphatic heterocycles. The van der Waals surface area contributed by atoms with E-state index in [2.05, 4.69) is 16.4 Å². The summed E-state index contributed by atoms with van der Waals surface area (Å²) in [5.41, 5.74) is -1.48. The van der Waals surface area contributed by atoms with Crippen molar-refractivity contribution in [1.82, 2.24) is 24.0 Å². The van der Waals surface area contributed by atoms with Crippen molar-refractivity contribution in [3.63, 3.8) is 0 Å². The van der Waals surface area contributed by atoms with Gasteiger partial charge in [0.2, 0.25) is 5.91 Å². The van der Waals surface area contributed by atoms with Crippen molar-refractivity contribution in [2.45, 2.75) is 31.8 Å². The smallest absolute Gasteiger partial charge is 0.332 e. The number of nitrogens with one attached hydrogen (secondary N) is 1. The normalized spacial score (nSPS) is 16.6. The Morgan fingerprint density at radius 2 is 2.08 bits per heavy atom. The first-order chi connectivity index (χ1) is 11.3. The molecule has 3 rings (SSSR count). The van der Waals surface area contributed by atoms with Crippen LogP contribution in [0, 0.1) is 17.2 Å². The predicted octanol–water partition coefficient (Wildman–Crippen LogP) is -0.758. The maximum absolute atomic E-state index is 12.3. The minimum atomic E-state index is -0.898. The Balaban J connectivity index is 1.94. The molecule has 0 saturated heterocycles. The summed E-state index contributed by atoms with van der Waals surface area (Å²) in [5.74, 6) is -0.208. The second-order valence-corrected chi connectivity index (χ2v) is 6.39. The van der Waals surface area contributed by atoms with E-state index < -0.39 is 16.8 Å². The van der Waals surface area contributed by atoms with E-state index in [1.165, 1.54) is 29.6 Å². The highest BCUT2D eigenvalue weighted by molar-refractivity contribution is 5.80. The molecule has 2 aromatic rings. The van der Waals surface area contributed by atoms with Crippen LogP contribution >= 0.6 is 0 Å². The number of aryl methyl sites for hydroxylation is 1. The lowest BCUT2D eigenvalue weighted by Crippen LogP contribution is -2.48. The minimum absolute atomic E-state index is 0.145. The van der Waals surface area contributed by atoms with E-state index in [-0.39, 0.29) is 29.5 Å². The van der Waals surface area contributed by atoms with E-state index in [1.807, 2.05) is 0 Å². The van der Waals surface area contributed by atoms with Gasteiger partial charge in [0.25, 0.3) is 5.56 Å². The summed E-state index contributed by atoms with van der Waals surface area (Å²) in [7, 11) is 2.89. The molecule has 2 aromatic heterocycles. The molecule has 0 aromatic carbocycles. The number of hydrogen-bond acceptors (Lipinski definition) is 5. The largest absolute Gasteiger partial charge is 0.336 e. The molecule has 9 heteroatoms. The third-order valence-electron chi connectivity index (χ3n) is 4.56. The Kier molecular flexibility index (Phi) is 3.55. The van der Waals surface area contributed by atoms with Gasteiger partial charge in [-0.25, -0.2) is 9.78 Å². The summed E-state index contributed by atoms with van der Waals surface area (Å²) in [6.07, 6.45) is 3.19. The molecular weight excluding hydrogens is 312 g/mol. The van der Waals surface area contributed by atoms with Gasteiger partial charge in [-0.15, -0.1) is 0 Å². The third-order valence-corrected chi connectivity index (χ3v) is 4.56. The zero-order valence-corrected chi connectivity index (χ0v) is 13.7. The molecule has 1 saturated carbocycles. The molecule has 1 atom stereocenters. The maximum atomic E-state index is 12.3. The van der Waals surface area contributed by atoms with Crippen LogP contribution in [-0.4, -0.2) is 30.1 Å². The number of nitrogens with zero attached hydrogens (tertiary/aromatic N) is 5. The molecule has 0 radical (unpaired) electrons. The SMILES string of the molecule is Cn1c(=O)c2c(ncn2CC(=O)NC(C)(C#N)C2CC2)n(C)c1=O. The van der Waals surface area contributed by atoms with Crippen molar-refractivity contribution in [2.24, 2.45) is 20.0 Å². The molecule has 126 valence electrons. The summed E-state index contributed by atoms with van der Waals surface area (Å²) in [6.45, 7) is 1.56. The first-order valence-electron chi connectivity index (χ1n) is 7.61. The lowest BCUT2D eigenvalue weighted by Gasteiger charge is -2.22. The molecule has 1 amide bonds. The van der Waals surface area contributed by atoms with E-state index in [9.17, 15) is 19.6 Å². The fraction of sp³-hybridized carbons (Fsp3) is 0.533. The van der Waals surface area contributed by atoms with E-state index in [4.69, 9.17) is 0 Å². The predicted molar refractivity (Wildman–Crippen MR) is 85.1 cm³/mol. The van der Waals surface area contributed by atoms with Crippen LogP contribution in [0.5, 0.6) is 0 Å². The number of nitriles is 1. The number of hydrogen-bond donors (Lipinski definition) is 1. The summed E-state index contributed by atoms with van der Waals surface area (Å²) in [5, 5.41) is 12.1. The Morgan fingerprint density at radius 3 is 2.67 bits per heavy atom. The number of carbonyl (C=O) groups excluding carboxylic acids is 1. The monoisotopic (exact) mass is 330 g/mol. The fourth-order valence-corrected chi connectivity index (χ4v) is 2.88. The van der Waals surface area contributed by atoms with Crippen molar-refractivity contribution in [1.29, 1.82) is 5.26 Å². The fourth-order valence-electron chi connectivity index (χ4n) is 2.88. The van der Waals surface area contributed by atoms with Crippen LogP contribution in [0.15, 0.2) is 15.9 Å². The van der Waals surface area contributed by atoms with Gasteiger partial charge in [-0.2, -0.15) is 5.26 Å². The van der Waals surface area contributed by atoms with Crippen LogP contribution in [0.1, 0.15) is 19.8 Å². The molecule has 9 nitrogen and oxygen atoms in total. The van der Waals surface area contributed by atoms with E-state index in [0.717, 1.165) is 17.4 Å². The molecule has 0 bridgehead atoms. The summed E-state index contributed by atoms with van der Waals surface area (Å²) < 4.78 is 3.63. The maximum Gasteiger partial charge on any atom is 0.332 e. The molecule has 0 spiro atoms. The van der Waals surface area contributed by atoms with Gasteiger partial charge in [-0.3, -0.25) is 18.7 Å². The van der Waals surface area contributed by atoms with Crippen molar-refractivity contribution in [2.75, 3.05) is 0 Å². The number of aromatic nitrogens is 4. The van der Waals surface area contributed by atoms with Gasteiger partial charge in [0, 0.05) is 14.1 Å². The van der Waals surface area contributed by atoms with Gasteiger partial charge in [-0.1, -0.05) is 0 Å². The molecule has 1 unspecified atom stereocenters. The zero-order valence-electron chi connectivity index (χ0n) is 13.7. The first kappa shape index (κ1) is 16.0. The third kappa shape index (κ3) is 2.40. The quantitative estimate of drug-likeness (QED) is 0.791. The number of rotatable bonds is 4. The van der Waals surface area contributed by atoms with Crippen molar-refractivity contribution in [3.05, 3.63) is 27.2 Å². The Labute approximate surface area is 137 Å². The molecule has 1 aliphatic carbocycles. The van der Waals surface area contributed by atoms with E-state index in [0.29, 0.717) is 0 Å². The Morgan fingerprint density at radius 1 is 1.42 bits per heavy atom. The van der Waals surface area contributed by atoms with Gasteiger partial charge in [-0.05, 0) is 25.7 Å². The van der Waals surface area contributed by atoms with Gasteiger partial charge in [0.1, 0.15) is 12.1 Å². The highest BCUT2D eigenvalue weighted by Gasteiger charge is 2.43. The van der Waals surface area contributed by atoms with Crippen LogP contribution in [0.2, 0.25) is 0 Å². The molecule has 1 fully saturated rings. The summed E-state index contributed by atoms with van der Waals surface area (Å²) in [6, 6.07) is 2.16. The average molecular weight is 330 g/mol. The van der Waals surface area contributed by atoms with Gasteiger partial charge >= 0.3 is 5.69 Å². The molecule has 1 N–H and O–H groups in total. The number of amides is 1. The molecule has 24 heavy (non-hydrogen) atoms. The average Bonchev–Trinajstić information content (AvgIpc) is 3.33. The lowest BCUT2D eigenvalue weighted by molar-refractivity contribution is -0.123. The Hall–Kier alpha value is -2.89. The van der Waals surface area contributed by atoms with Crippen LogP contribution < -0.4 is 16.6 Å². The van der Waals surface area contributed by atoms with Gasteiger partial charge in [0.05, 0.1) is 12.4 Å². The minimum Gasteiger partial charge on any atom is -0.336 e. The first-order valence-corrected chi connectivity index (χ1v) is 7.61. The van der Waals surface area contributed by atoms with Crippen LogP contribution in [0.4, 0.5) is 0 Å². The summed E-state index contributed by atoms with van der Waals surface area (Å²) >= 11 is 0. The molecule has 1 aliphatic rings. The van der Waals surface area contributed by atoms with Crippen molar-refractivity contribution < 1.29 is 4.79 Å². The second-order valence-electron chi connectivity index (χ2n) is 6.39. The number of carbonyl (C=O) groups is 1. The summed E-state index contributed by atoms with van der Waals surface area (Å²) in [4.78, 5) is 40.6. The van der Waals surface area contributed by atoms with E-state index >= 15 is 0 Å². The van der Waals surface area contributed by atoms with Crippen molar-refractivity contribution in [3.8, 4) is 6.07 Å². The number of fused-ring (bicyclic) bond motifs is 1.